The van der Waals surface area contributed by atoms with E-state index in [1.807, 2.05) is 0 Å². The molecule has 3 rings (SSSR count). The highest BCUT2D eigenvalue weighted by Gasteiger charge is 2.35. The van der Waals surface area contributed by atoms with Crippen LogP contribution in [0.25, 0.3) is 0 Å². The van der Waals surface area contributed by atoms with E-state index in [4.69, 9.17) is 18.9 Å². The maximum Gasteiger partial charge on any atom is 0.338 e. The number of carbonyl (C=O) groups excluding carboxylic acids is 5. The molecule has 39 heavy (non-hydrogen) atoms. The quantitative estimate of drug-likeness (QED) is 0.177. The lowest BCUT2D eigenvalue weighted by molar-refractivity contribution is -0.0381. The van der Waals surface area contributed by atoms with Gasteiger partial charge in [0.15, 0.2) is 0 Å². The Balaban J connectivity index is 1.74. The Bertz CT molecular complexity index is 1230. The fourth-order valence-corrected chi connectivity index (χ4v) is 3.46. The van der Waals surface area contributed by atoms with Gasteiger partial charge in [-0.15, -0.1) is 0 Å². The van der Waals surface area contributed by atoms with Gasteiger partial charge in [-0.25, -0.2) is 14.4 Å². The van der Waals surface area contributed by atoms with Gasteiger partial charge in [-0.3, -0.25) is 9.59 Å². The van der Waals surface area contributed by atoms with Crippen LogP contribution >= 0.6 is 0 Å². The van der Waals surface area contributed by atoms with Crippen LogP contribution in [-0.4, -0.2) is 57.4 Å². The predicted molar refractivity (Wildman–Crippen MR) is 140 cm³/mol. The molecule has 0 bridgehead atoms. The van der Waals surface area contributed by atoms with E-state index in [0.717, 1.165) is 0 Å². The highest BCUT2D eigenvalue weighted by atomic mass is 16.6. The van der Waals surface area contributed by atoms with Crippen molar-refractivity contribution in [1.29, 1.82) is 0 Å². The van der Waals surface area contributed by atoms with Crippen LogP contribution in [-0.2, 0) is 14.2 Å². The summed E-state index contributed by atoms with van der Waals surface area (Å²) in [5, 5.41) is 0. The zero-order valence-electron chi connectivity index (χ0n) is 21.6. The molecule has 202 valence electrons. The molecular weight excluding hydrogens is 504 g/mol. The molecule has 0 aromatic heterocycles. The van der Waals surface area contributed by atoms with Gasteiger partial charge in [0, 0.05) is 11.1 Å². The van der Waals surface area contributed by atoms with E-state index in [1.165, 1.54) is 55.6 Å². The van der Waals surface area contributed by atoms with Crippen molar-refractivity contribution in [3.05, 3.63) is 101 Å². The monoisotopic (exact) mass is 532 g/mol. The van der Waals surface area contributed by atoms with Crippen molar-refractivity contribution in [3.63, 3.8) is 0 Å². The molecule has 0 saturated carbocycles. The Morgan fingerprint density at radius 2 is 0.949 bits per heavy atom. The van der Waals surface area contributed by atoms with Crippen LogP contribution in [0.3, 0.4) is 0 Å². The average molecular weight is 533 g/mol. The van der Waals surface area contributed by atoms with Gasteiger partial charge < -0.3 is 18.9 Å². The molecule has 0 aliphatic carbocycles. The Kier molecular flexibility index (Phi) is 10.1. The number of ether oxygens (including phenoxy) is 4. The van der Waals surface area contributed by atoms with Crippen LogP contribution in [0.2, 0.25) is 0 Å². The third-order valence-corrected chi connectivity index (χ3v) is 6.17. The first-order valence-electron chi connectivity index (χ1n) is 12.1. The number of carbonyl (C=O) groups is 5. The van der Waals surface area contributed by atoms with Crippen molar-refractivity contribution in [1.82, 2.24) is 0 Å². The lowest BCUT2D eigenvalue weighted by atomic mass is 9.88. The lowest BCUT2D eigenvalue weighted by Crippen LogP contribution is -2.39. The van der Waals surface area contributed by atoms with Crippen molar-refractivity contribution in [3.8, 4) is 5.75 Å². The molecule has 0 atom stereocenters. The largest absolute Gasteiger partial charge is 0.497 e. The van der Waals surface area contributed by atoms with Crippen LogP contribution in [0.1, 0.15) is 65.1 Å². The van der Waals surface area contributed by atoms with Gasteiger partial charge in [0.25, 0.3) is 0 Å². The second kappa shape index (κ2) is 13.7. The molecule has 3 aromatic carbocycles. The number of esters is 3. The molecule has 9 heteroatoms. The van der Waals surface area contributed by atoms with Gasteiger partial charge in [0.2, 0.25) is 0 Å². The van der Waals surface area contributed by atoms with Gasteiger partial charge in [0.1, 0.15) is 38.1 Å². The van der Waals surface area contributed by atoms with Gasteiger partial charge in [-0.2, -0.15) is 0 Å². The predicted octanol–water partition coefficient (Wildman–Crippen LogP) is 4.59. The fourth-order valence-electron chi connectivity index (χ4n) is 3.46. The number of aldehydes is 2. The standard InChI is InChI=1S/C30H28O9/c1-3-30(18-37-27(33)23-8-4-21(16-31)5-9-23,19-38-28(34)24-10-6-22(17-32)7-11-24)20-39-29(35)25-12-14-26(36-2)15-13-25/h4-17H,3,18-20H2,1-2H3. The van der Waals surface area contributed by atoms with Crippen molar-refractivity contribution >= 4 is 30.5 Å². The van der Waals surface area contributed by atoms with E-state index in [1.54, 1.807) is 31.2 Å². The molecular formula is C30H28O9. The second-order valence-electron chi connectivity index (χ2n) is 8.79. The summed E-state index contributed by atoms with van der Waals surface area (Å²) in [6.07, 6.45) is 1.65. The zero-order valence-corrected chi connectivity index (χ0v) is 21.6. The van der Waals surface area contributed by atoms with Gasteiger partial charge in [0.05, 0.1) is 29.2 Å². The molecule has 9 nitrogen and oxygen atoms in total. The van der Waals surface area contributed by atoms with Gasteiger partial charge in [-0.05, 0) is 55.0 Å². The molecule has 0 saturated heterocycles. The number of hydrogen-bond acceptors (Lipinski definition) is 9. The highest BCUT2D eigenvalue weighted by molar-refractivity contribution is 5.91. The Hall–Kier alpha value is -4.79. The zero-order chi connectivity index (χ0) is 28.3. The molecule has 0 radical (unpaired) electrons. The minimum atomic E-state index is -1.06. The maximum absolute atomic E-state index is 12.7. The molecule has 0 amide bonds. The topological polar surface area (TPSA) is 122 Å². The van der Waals surface area contributed by atoms with E-state index < -0.39 is 23.3 Å². The molecule has 0 heterocycles. The summed E-state index contributed by atoms with van der Waals surface area (Å²) in [4.78, 5) is 59.8. The van der Waals surface area contributed by atoms with Crippen molar-refractivity contribution in [2.75, 3.05) is 26.9 Å². The van der Waals surface area contributed by atoms with E-state index in [0.29, 0.717) is 41.4 Å². The summed E-state index contributed by atoms with van der Waals surface area (Å²) in [7, 11) is 1.51. The van der Waals surface area contributed by atoms with Crippen molar-refractivity contribution < 1.29 is 42.9 Å². The maximum atomic E-state index is 12.7. The van der Waals surface area contributed by atoms with Crippen LogP contribution in [0.4, 0.5) is 0 Å². The molecule has 0 N–H and O–H groups in total. The van der Waals surface area contributed by atoms with Crippen LogP contribution in [0, 0.1) is 5.41 Å². The van der Waals surface area contributed by atoms with Gasteiger partial charge >= 0.3 is 17.9 Å². The van der Waals surface area contributed by atoms with E-state index in [9.17, 15) is 24.0 Å². The first-order chi connectivity index (χ1) is 18.8. The lowest BCUT2D eigenvalue weighted by Gasteiger charge is -2.31. The van der Waals surface area contributed by atoms with E-state index in [-0.39, 0.29) is 30.9 Å². The number of benzene rings is 3. The SMILES string of the molecule is CCC(COC(=O)c1ccc(C=O)cc1)(COC(=O)c1ccc(C=O)cc1)COC(=O)c1ccc(OC)cc1. The summed E-state index contributed by atoms with van der Waals surface area (Å²) < 4.78 is 21.7. The smallest absolute Gasteiger partial charge is 0.338 e. The molecule has 0 unspecified atom stereocenters. The first-order valence-corrected chi connectivity index (χ1v) is 12.1. The summed E-state index contributed by atoms with van der Waals surface area (Å²) >= 11 is 0. The average Bonchev–Trinajstić information content (AvgIpc) is 3.00. The van der Waals surface area contributed by atoms with Crippen LogP contribution < -0.4 is 4.74 Å². The Morgan fingerprint density at radius 1 is 0.615 bits per heavy atom. The van der Waals surface area contributed by atoms with E-state index in [2.05, 4.69) is 0 Å². The number of methoxy groups -OCH3 is 1. The molecule has 0 aliphatic heterocycles. The first kappa shape index (κ1) is 28.8. The molecule has 0 fully saturated rings. The Morgan fingerprint density at radius 3 is 1.23 bits per heavy atom. The minimum Gasteiger partial charge on any atom is -0.497 e. The van der Waals surface area contributed by atoms with Crippen molar-refractivity contribution in [2.24, 2.45) is 5.41 Å². The van der Waals surface area contributed by atoms with Crippen molar-refractivity contribution in [2.45, 2.75) is 13.3 Å². The minimum absolute atomic E-state index is 0.205. The normalized spacial score (nSPS) is 10.7. The molecule has 0 spiro atoms. The summed E-state index contributed by atoms with van der Waals surface area (Å²) in [5.74, 6) is -1.33. The summed E-state index contributed by atoms with van der Waals surface area (Å²) in [6.45, 7) is 1.15. The number of hydrogen-bond donors (Lipinski definition) is 0. The van der Waals surface area contributed by atoms with E-state index >= 15 is 0 Å². The third-order valence-electron chi connectivity index (χ3n) is 6.17. The highest BCUT2D eigenvalue weighted by Crippen LogP contribution is 2.26. The molecule has 3 aromatic rings. The summed E-state index contributed by atoms with van der Waals surface area (Å²) in [6, 6.07) is 18.2. The van der Waals surface area contributed by atoms with Crippen LogP contribution in [0.5, 0.6) is 5.75 Å². The summed E-state index contributed by atoms with van der Waals surface area (Å²) in [5.41, 5.74) is 0.515. The van der Waals surface area contributed by atoms with Gasteiger partial charge in [-0.1, -0.05) is 31.2 Å². The molecule has 0 aliphatic rings. The number of rotatable bonds is 13. The third kappa shape index (κ3) is 7.85. The Labute approximate surface area is 225 Å². The fraction of sp³-hybridized carbons (Fsp3) is 0.233. The second-order valence-corrected chi connectivity index (χ2v) is 8.79. The van der Waals surface area contributed by atoms with Crippen LogP contribution in [0.15, 0.2) is 72.8 Å².